The monoisotopic (exact) mass is 443 g/mol. The topological polar surface area (TPSA) is 102 Å². The fraction of sp³-hybridized carbons (Fsp3) is 0.360. The summed E-state index contributed by atoms with van der Waals surface area (Å²) in [7, 11) is 0. The molecule has 0 saturated carbocycles. The number of aryl methyl sites for hydroxylation is 1. The molecule has 2 aromatic heterocycles. The van der Waals surface area contributed by atoms with Gasteiger partial charge in [-0.3, -0.25) is 4.79 Å². The Morgan fingerprint density at radius 2 is 1.73 bits per heavy atom. The van der Waals surface area contributed by atoms with Crippen LogP contribution in [0.5, 0.6) is 0 Å². The molecule has 1 N–H and O–H groups in total. The zero-order chi connectivity index (χ0) is 23.0. The summed E-state index contributed by atoms with van der Waals surface area (Å²) < 4.78 is 1.90. The van der Waals surface area contributed by atoms with Crippen molar-refractivity contribution in [1.82, 2.24) is 35.4 Å². The van der Waals surface area contributed by atoms with E-state index < -0.39 is 0 Å². The lowest BCUT2D eigenvalue weighted by Crippen LogP contribution is -2.07. The normalized spacial score (nSPS) is 11.1. The van der Waals surface area contributed by atoms with Crippen molar-refractivity contribution in [3.8, 4) is 22.5 Å². The number of H-pyrrole nitrogens is 1. The Hall–Kier alpha value is -3.68. The van der Waals surface area contributed by atoms with Gasteiger partial charge in [-0.1, -0.05) is 75.2 Å². The number of aromatic amines is 1. The minimum Gasteiger partial charge on any atom is -0.291 e. The molecule has 0 aliphatic heterocycles. The maximum atomic E-state index is 12.5. The molecule has 2 aromatic carbocycles. The van der Waals surface area contributed by atoms with Crippen molar-refractivity contribution in [3.05, 3.63) is 65.7 Å². The molecule has 4 aromatic rings. The van der Waals surface area contributed by atoms with Crippen LogP contribution in [0.15, 0.2) is 48.5 Å². The minimum atomic E-state index is 0.0294. The van der Waals surface area contributed by atoms with Gasteiger partial charge in [0.1, 0.15) is 5.82 Å². The number of carbonyl (C=O) groups excluding carboxylic acids is 1. The standard InChI is InChI=1S/C25H29N7O/c1-3-5-11-22(33)25-26-23(32(29-25)16-6-4-2)17-18-12-14-19(15-13-18)20-9-7-8-10-21(20)24-27-30-31-28-24/h7-10,12-15H,3-6,11,16-17H2,1-2H3,(H,27,28,30,31). The van der Waals surface area contributed by atoms with Crippen LogP contribution in [0.4, 0.5) is 0 Å². The average molecular weight is 444 g/mol. The first kappa shape index (κ1) is 22.5. The van der Waals surface area contributed by atoms with E-state index in [4.69, 9.17) is 0 Å². The fourth-order valence-corrected chi connectivity index (χ4v) is 3.75. The molecule has 4 rings (SSSR count). The Balaban J connectivity index is 1.56. The van der Waals surface area contributed by atoms with E-state index in [2.05, 4.69) is 74.9 Å². The zero-order valence-corrected chi connectivity index (χ0v) is 19.2. The van der Waals surface area contributed by atoms with E-state index in [1.165, 1.54) is 0 Å². The second-order valence-electron chi connectivity index (χ2n) is 8.11. The molecule has 8 heteroatoms. The molecule has 0 unspecified atom stereocenters. The fourth-order valence-electron chi connectivity index (χ4n) is 3.75. The summed E-state index contributed by atoms with van der Waals surface area (Å²) in [6, 6.07) is 16.4. The molecule has 0 fully saturated rings. The molecule has 33 heavy (non-hydrogen) atoms. The van der Waals surface area contributed by atoms with Crippen LogP contribution in [0.1, 0.15) is 68.0 Å². The van der Waals surface area contributed by atoms with Crippen LogP contribution in [0.2, 0.25) is 0 Å². The smallest absolute Gasteiger partial charge is 0.217 e. The summed E-state index contributed by atoms with van der Waals surface area (Å²) in [4.78, 5) is 17.1. The second-order valence-corrected chi connectivity index (χ2v) is 8.11. The van der Waals surface area contributed by atoms with Gasteiger partial charge in [0.25, 0.3) is 0 Å². The highest BCUT2D eigenvalue weighted by Crippen LogP contribution is 2.30. The average Bonchev–Trinajstić information content (AvgIpc) is 3.52. The molecule has 0 amide bonds. The van der Waals surface area contributed by atoms with E-state index in [1.807, 2.05) is 22.9 Å². The Bertz CT molecular complexity index is 1180. The first-order chi connectivity index (χ1) is 16.2. The van der Waals surface area contributed by atoms with Crippen LogP contribution >= 0.6 is 0 Å². The van der Waals surface area contributed by atoms with Crippen LogP contribution in [-0.4, -0.2) is 41.2 Å². The van der Waals surface area contributed by atoms with Crippen LogP contribution in [-0.2, 0) is 13.0 Å². The van der Waals surface area contributed by atoms with Gasteiger partial charge in [0.15, 0.2) is 0 Å². The summed E-state index contributed by atoms with van der Waals surface area (Å²) in [5, 5.41) is 19.0. The number of hydrogen-bond acceptors (Lipinski definition) is 6. The van der Waals surface area contributed by atoms with Gasteiger partial charge in [-0.2, -0.15) is 5.21 Å². The Kier molecular flexibility index (Phi) is 7.34. The van der Waals surface area contributed by atoms with Crippen molar-refractivity contribution in [1.29, 1.82) is 0 Å². The summed E-state index contributed by atoms with van der Waals surface area (Å²) in [6.45, 7) is 5.00. The Morgan fingerprint density at radius 3 is 2.42 bits per heavy atom. The molecule has 0 spiro atoms. The number of aromatic nitrogens is 7. The van der Waals surface area contributed by atoms with E-state index in [9.17, 15) is 4.79 Å². The highest BCUT2D eigenvalue weighted by Gasteiger charge is 2.17. The third-order valence-corrected chi connectivity index (χ3v) is 5.62. The van der Waals surface area contributed by atoms with Gasteiger partial charge in [-0.25, -0.2) is 9.67 Å². The number of Topliss-reactive ketones (excluding diaryl/α,β-unsaturated/α-hetero) is 1. The van der Waals surface area contributed by atoms with Crippen molar-refractivity contribution in [3.63, 3.8) is 0 Å². The highest BCUT2D eigenvalue weighted by atomic mass is 16.1. The third kappa shape index (κ3) is 5.39. The van der Waals surface area contributed by atoms with Crippen molar-refractivity contribution < 1.29 is 4.79 Å². The molecule has 0 radical (unpaired) electrons. The van der Waals surface area contributed by atoms with Crippen molar-refractivity contribution >= 4 is 5.78 Å². The largest absolute Gasteiger partial charge is 0.291 e. The SMILES string of the molecule is CCCCC(=O)c1nc(Cc2ccc(-c3ccccc3-c3nn[nH]n3)cc2)n(CCCC)n1. The predicted octanol–water partition coefficient (Wildman–Crippen LogP) is 4.89. The molecule has 170 valence electrons. The second kappa shape index (κ2) is 10.8. The van der Waals surface area contributed by atoms with Crippen LogP contribution < -0.4 is 0 Å². The lowest BCUT2D eigenvalue weighted by molar-refractivity contribution is 0.0969. The summed E-state index contributed by atoms with van der Waals surface area (Å²) in [5.41, 5.74) is 4.16. The summed E-state index contributed by atoms with van der Waals surface area (Å²) in [5.74, 6) is 1.78. The van der Waals surface area contributed by atoms with Gasteiger partial charge in [-0.05, 0) is 34.7 Å². The molecule has 8 nitrogen and oxygen atoms in total. The van der Waals surface area contributed by atoms with Crippen LogP contribution in [0.3, 0.4) is 0 Å². The van der Waals surface area contributed by atoms with E-state index in [0.29, 0.717) is 24.5 Å². The van der Waals surface area contributed by atoms with E-state index in [-0.39, 0.29) is 5.78 Å². The molecule has 0 aliphatic carbocycles. The van der Waals surface area contributed by atoms with E-state index in [1.54, 1.807) is 0 Å². The van der Waals surface area contributed by atoms with Gasteiger partial charge >= 0.3 is 0 Å². The predicted molar refractivity (Wildman–Crippen MR) is 127 cm³/mol. The van der Waals surface area contributed by atoms with Crippen molar-refractivity contribution in [2.24, 2.45) is 0 Å². The maximum Gasteiger partial charge on any atom is 0.217 e. The lowest BCUT2D eigenvalue weighted by atomic mass is 9.98. The number of tetrazole rings is 1. The van der Waals surface area contributed by atoms with Gasteiger partial charge < -0.3 is 0 Å². The number of nitrogens with one attached hydrogen (secondary N) is 1. The third-order valence-electron chi connectivity index (χ3n) is 5.62. The Morgan fingerprint density at radius 1 is 0.970 bits per heavy atom. The number of rotatable bonds is 11. The molecule has 0 atom stereocenters. The number of ketones is 1. The molecule has 0 aliphatic rings. The Labute approximate surface area is 193 Å². The molecule has 0 bridgehead atoms. The van der Waals surface area contributed by atoms with E-state index in [0.717, 1.165) is 60.3 Å². The van der Waals surface area contributed by atoms with Crippen LogP contribution in [0, 0.1) is 0 Å². The van der Waals surface area contributed by atoms with Crippen molar-refractivity contribution in [2.75, 3.05) is 0 Å². The van der Waals surface area contributed by atoms with Crippen LogP contribution in [0.25, 0.3) is 22.5 Å². The summed E-state index contributed by atoms with van der Waals surface area (Å²) in [6.07, 6.45) is 5.05. The minimum absolute atomic E-state index is 0.0294. The number of benzene rings is 2. The van der Waals surface area contributed by atoms with Gasteiger partial charge in [-0.15, -0.1) is 15.3 Å². The number of hydrogen-bond donors (Lipinski definition) is 1. The first-order valence-electron chi connectivity index (χ1n) is 11.6. The lowest BCUT2D eigenvalue weighted by Gasteiger charge is -2.09. The molecular weight excluding hydrogens is 414 g/mol. The van der Waals surface area contributed by atoms with E-state index >= 15 is 0 Å². The highest BCUT2D eigenvalue weighted by molar-refractivity contribution is 5.92. The zero-order valence-electron chi connectivity index (χ0n) is 19.2. The van der Waals surface area contributed by atoms with Gasteiger partial charge in [0.05, 0.1) is 0 Å². The van der Waals surface area contributed by atoms with Crippen molar-refractivity contribution in [2.45, 2.75) is 58.9 Å². The molecular formula is C25H29N7O. The molecule has 0 saturated heterocycles. The molecule has 2 heterocycles. The quantitative estimate of drug-likeness (QED) is 0.331. The summed E-state index contributed by atoms with van der Waals surface area (Å²) >= 11 is 0. The number of carbonyl (C=O) groups is 1. The van der Waals surface area contributed by atoms with Gasteiger partial charge in [0.2, 0.25) is 17.4 Å². The maximum absolute atomic E-state index is 12.5. The number of unbranched alkanes of at least 4 members (excludes halogenated alkanes) is 2. The number of nitrogens with zero attached hydrogens (tertiary/aromatic N) is 6. The first-order valence-corrected chi connectivity index (χ1v) is 11.6. The van der Waals surface area contributed by atoms with Gasteiger partial charge in [0, 0.05) is 24.9 Å².